The molecule has 0 saturated carbocycles. The number of carbonyl (C=O) groups is 3. The van der Waals surface area contributed by atoms with Crippen molar-refractivity contribution in [2.45, 2.75) is 33.2 Å². The van der Waals surface area contributed by atoms with E-state index in [1.165, 1.54) is 6.92 Å². The third-order valence-electron chi connectivity index (χ3n) is 4.26. The number of aromatic amines is 1. The maximum absolute atomic E-state index is 12.6. The predicted molar refractivity (Wildman–Crippen MR) is 98.6 cm³/mol. The molecule has 1 aromatic heterocycles. The van der Waals surface area contributed by atoms with Crippen LogP contribution in [0.15, 0.2) is 30.5 Å². The van der Waals surface area contributed by atoms with Gasteiger partial charge in [0, 0.05) is 36.0 Å². The molecule has 2 rings (SSSR count). The van der Waals surface area contributed by atoms with Gasteiger partial charge in [-0.1, -0.05) is 39.0 Å². The van der Waals surface area contributed by atoms with Crippen LogP contribution in [0, 0.1) is 11.8 Å². The lowest BCUT2D eigenvalue weighted by atomic mass is 10.0. The number of hydrogen-bond acceptors (Lipinski definition) is 3. The lowest BCUT2D eigenvalue weighted by molar-refractivity contribution is -0.141. The van der Waals surface area contributed by atoms with Gasteiger partial charge in [-0.05, 0) is 11.6 Å². The summed E-state index contributed by atoms with van der Waals surface area (Å²) in [5.41, 5.74) is 1.87. The Kier molecular flexibility index (Phi) is 6.38. The number of amides is 2. The lowest BCUT2D eigenvalue weighted by Crippen LogP contribution is -2.50. The van der Waals surface area contributed by atoms with E-state index in [0.29, 0.717) is 6.42 Å². The first-order chi connectivity index (χ1) is 12.3. The summed E-state index contributed by atoms with van der Waals surface area (Å²) in [6, 6.07) is 6.95. The maximum atomic E-state index is 12.6. The number of benzene rings is 1. The van der Waals surface area contributed by atoms with Crippen molar-refractivity contribution in [3.63, 3.8) is 0 Å². The van der Waals surface area contributed by atoms with Crippen LogP contribution in [0.4, 0.5) is 0 Å². The van der Waals surface area contributed by atoms with Crippen molar-refractivity contribution in [1.82, 2.24) is 15.6 Å². The van der Waals surface area contributed by atoms with Crippen molar-refractivity contribution in [2.75, 3.05) is 6.54 Å². The zero-order valence-electron chi connectivity index (χ0n) is 15.2. The van der Waals surface area contributed by atoms with Crippen molar-refractivity contribution in [2.24, 2.45) is 11.8 Å². The summed E-state index contributed by atoms with van der Waals surface area (Å²) in [4.78, 5) is 38.7. The number of rotatable bonds is 8. The molecular weight excluding hydrogens is 334 g/mol. The van der Waals surface area contributed by atoms with E-state index < -0.39 is 23.8 Å². The minimum Gasteiger partial charge on any atom is -0.481 e. The van der Waals surface area contributed by atoms with E-state index in [2.05, 4.69) is 15.6 Å². The molecule has 26 heavy (non-hydrogen) atoms. The van der Waals surface area contributed by atoms with E-state index in [1.54, 1.807) is 13.8 Å². The number of aromatic nitrogens is 1. The van der Waals surface area contributed by atoms with E-state index in [9.17, 15) is 14.4 Å². The first kappa shape index (κ1) is 19.5. The molecule has 140 valence electrons. The molecule has 0 bridgehead atoms. The molecule has 0 fully saturated rings. The summed E-state index contributed by atoms with van der Waals surface area (Å²) in [6.45, 7) is 5.03. The van der Waals surface area contributed by atoms with Crippen LogP contribution >= 0.6 is 0 Å². The van der Waals surface area contributed by atoms with Gasteiger partial charge in [-0.3, -0.25) is 14.4 Å². The van der Waals surface area contributed by atoms with E-state index in [1.807, 2.05) is 30.5 Å². The highest BCUT2D eigenvalue weighted by Gasteiger charge is 2.24. The molecule has 0 aliphatic carbocycles. The molecule has 1 aromatic carbocycles. The number of para-hydroxylation sites is 1. The number of carboxylic acid groups (broad SMARTS) is 1. The Morgan fingerprint density at radius 1 is 1.12 bits per heavy atom. The third-order valence-corrected chi connectivity index (χ3v) is 4.26. The molecule has 2 amide bonds. The van der Waals surface area contributed by atoms with Crippen molar-refractivity contribution in [3.8, 4) is 0 Å². The highest BCUT2D eigenvalue weighted by molar-refractivity contribution is 5.90. The zero-order chi connectivity index (χ0) is 19.3. The maximum Gasteiger partial charge on any atom is 0.308 e. The summed E-state index contributed by atoms with van der Waals surface area (Å²) in [5, 5.41) is 15.3. The molecule has 2 unspecified atom stereocenters. The smallest absolute Gasteiger partial charge is 0.308 e. The number of fused-ring (bicyclic) bond motifs is 1. The fourth-order valence-corrected chi connectivity index (χ4v) is 2.53. The molecule has 0 saturated heterocycles. The lowest BCUT2D eigenvalue weighted by Gasteiger charge is -2.20. The van der Waals surface area contributed by atoms with Crippen molar-refractivity contribution in [3.05, 3.63) is 36.0 Å². The Hall–Kier alpha value is -2.83. The molecular formula is C19H25N3O4. The topological polar surface area (TPSA) is 111 Å². The van der Waals surface area contributed by atoms with Gasteiger partial charge in [-0.25, -0.2) is 0 Å². The van der Waals surface area contributed by atoms with Crippen LogP contribution in [0.25, 0.3) is 10.9 Å². The molecule has 0 aliphatic heterocycles. The second kappa shape index (κ2) is 8.51. The van der Waals surface area contributed by atoms with Crippen molar-refractivity contribution < 1.29 is 19.5 Å². The highest BCUT2D eigenvalue weighted by atomic mass is 16.4. The Morgan fingerprint density at radius 2 is 1.81 bits per heavy atom. The van der Waals surface area contributed by atoms with Gasteiger partial charge in [0.15, 0.2) is 0 Å². The average Bonchev–Trinajstić information content (AvgIpc) is 3.01. The fraction of sp³-hybridized carbons (Fsp3) is 0.421. The van der Waals surface area contributed by atoms with Crippen LogP contribution < -0.4 is 10.6 Å². The van der Waals surface area contributed by atoms with Gasteiger partial charge < -0.3 is 20.7 Å². The average molecular weight is 359 g/mol. The minimum atomic E-state index is -0.982. The molecule has 2 atom stereocenters. The predicted octanol–water partition coefficient (Wildman–Crippen LogP) is 1.69. The normalized spacial score (nSPS) is 13.4. The monoisotopic (exact) mass is 359 g/mol. The van der Waals surface area contributed by atoms with Crippen LogP contribution in [-0.2, 0) is 20.8 Å². The van der Waals surface area contributed by atoms with Crippen LogP contribution in [0.3, 0.4) is 0 Å². The van der Waals surface area contributed by atoms with E-state index in [4.69, 9.17) is 5.11 Å². The summed E-state index contributed by atoms with van der Waals surface area (Å²) < 4.78 is 0. The quantitative estimate of drug-likeness (QED) is 0.575. The number of carbonyl (C=O) groups excluding carboxylic acids is 2. The summed E-state index contributed by atoms with van der Waals surface area (Å²) >= 11 is 0. The molecule has 1 heterocycles. The van der Waals surface area contributed by atoms with Crippen molar-refractivity contribution in [1.29, 1.82) is 0 Å². The molecule has 0 radical (unpaired) electrons. The molecule has 2 aromatic rings. The SMILES string of the molecule is CC(C)C(=O)NC(Cc1c[nH]c2ccccc12)C(=O)NCC(C)C(=O)O. The number of hydrogen-bond donors (Lipinski definition) is 4. The largest absolute Gasteiger partial charge is 0.481 e. The van der Waals surface area contributed by atoms with Gasteiger partial charge in [0.2, 0.25) is 11.8 Å². The summed E-state index contributed by atoms with van der Waals surface area (Å²) in [5.74, 6) is -2.56. The van der Waals surface area contributed by atoms with Crippen LogP contribution in [-0.4, -0.2) is 40.5 Å². The van der Waals surface area contributed by atoms with Gasteiger partial charge in [-0.2, -0.15) is 0 Å². The Bertz CT molecular complexity index is 797. The van der Waals surface area contributed by atoms with E-state index in [-0.39, 0.29) is 18.4 Å². The first-order valence-electron chi connectivity index (χ1n) is 8.65. The number of aliphatic carboxylic acids is 1. The van der Waals surface area contributed by atoms with Gasteiger partial charge >= 0.3 is 5.97 Å². The second-order valence-electron chi connectivity index (χ2n) is 6.76. The van der Waals surface area contributed by atoms with Crippen LogP contribution in [0.1, 0.15) is 26.3 Å². The van der Waals surface area contributed by atoms with Gasteiger partial charge in [0.25, 0.3) is 0 Å². The molecule has 4 N–H and O–H groups in total. The van der Waals surface area contributed by atoms with Gasteiger partial charge in [0.05, 0.1) is 5.92 Å². The number of nitrogens with one attached hydrogen (secondary N) is 3. The zero-order valence-corrected chi connectivity index (χ0v) is 15.2. The standard InChI is InChI=1S/C19H25N3O4/c1-11(2)17(23)22-16(18(24)21-9-12(3)19(25)26)8-13-10-20-15-7-5-4-6-14(13)15/h4-7,10-12,16,20H,8-9H2,1-3H3,(H,21,24)(H,22,23)(H,25,26). The minimum absolute atomic E-state index is 0.0100. The van der Waals surface area contributed by atoms with Crippen LogP contribution in [0.5, 0.6) is 0 Å². The highest BCUT2D eigenvalue weighted by Crippen LogP contribution is 2.19. The van der Waals surface area contributed by atoms with Crippen molar-refractivity contribution >= 4 is 28.7 Å². The Labute approximate surface area is 152 Å². The fourth-order valence-electron chi connectivity index (χ4n) is 2.53. The molecule has 0 spiro atoms. The third kappa shape index (κ3) is 4.84. The molecule has 7 heteroatoms. The van der Waals surface area contributed by atoms with E-state index >= 15 is 0 Å². The van der Waals surface area contributed by atoms with Crippen LogP contribution in [0.2, 0.25) is 0 Å². The second-order valence-corrected chi connectivity index (χ2v) is 6.76. The number of carboxylic acids is 1. The summed E-state index contributed by atoms with van der Waals surface area (Å²) in [6.07, 6.45) is 2.14. The summed E-state index contributed by atoms with van der Waals surface area (Å²) in [7, 11) is 0. The Balaban J connectivity index is 2.16. The first-order valence-corrected chi connectivity index (χ1v) is 8.65. The number of H-pyrrole nitrogens is 1. The van der Waals surface area contributed by atoms with Gasteiger partial charge in [0.1, 0.15) is 6.04 Å². The Morgan fingerprint density at radius 3 is 2.46 bits per heavy atom. The molecule has 0 aliphatic rings. The van der Waals surface area contributed by atoms with Gasteiger partial charge in [-0.15, -0.1) is 0 Å². The van der Waals surface area contributed by atoms with E-state index in [0.717, 1.165) is 16.5 Å². The molecule has 7 nitrogen and oxygen atoms in total.